The Morgan fingerprint density at radius 3 is 2.79 bits per heavy atom. The van der Waals surface area contributed by atoms with Gasteiger partial charge in [-0.3, -0.25) is 4.79 Å². The summed E-state index contributed by atoms with van der Waals surface area (Å²) in [6.07, 6.45) is 5.96. The van der Waals surface area contributed by atoms with E-state index in [1.165, 1.54) is 11.1 Å². The number of ketones is 1. The number of aryl methyl sites for hydroxylation is 2. The lowest BCUT2D eigenvalue weighted by Gasteiger charge is -2.11. The van der Waals surface area contributed by atoms with E-state index in [-0.39, 0.29) is 5.78 Å². The molecule has 0 aliphatic carbocycles. The van der Waals surface area contributed by atoms with Crippen molar-refractivity contribution in [2.24, 2.45) is 0 Å². The molecule has 1 saturated heterocycles. The maximum absolute atomic E-state index is 12.4. The third kappa shape index (κ3) is 3.66. The molecule has 0 radical (unpaired) electrons. The van der Waals surface area contributed by atoms with Crippen LogP contribution in [0.15, 0.2) is 18.2 Å². The van der Waals surface area contributed by atoms with Crippen molar-refractivity contribution in [2.45, 2.75) is 58.5 Å². The summed E-state index contributed by atoms with van der Waals surface area (Å²) in [5.41, 5.74) is 3.35. The van der Waals surface area contributed by atoms with E-state index in [1.54, 1.807) is 0 Å². The van der Waals surface area contributed by atoms with E-state index >= 15 is 0 Å². The molecule has 0 aromatic heterocycles. The van der Waals surface area contributed by atoms with Crippen molar-refractivity contribution in [3.63, 3.8) is 0 Å². The van der Waals surface area contributed by atoms with Crippen LogP contribution in [0.5, 0.6) is 0 Å². The summed E-state index contributed by atoms with van der Waals surface area (Å²) < 4.78 is 5.59. The zero-order valence-corrected chi connectivity index (χ0v) is 12.1. The first kappa shape index (κ1) is 14.3. The minimum atomic E-state index is 0.280. The molecule has 1 unspecified atom stereocenters. The molecule has 1 aliphatic rings. The maximum atomic E-state index is 12.4. The van der Waals surface area contributed by atoms with Crippen LogP contribution < -0.4 is 0 Å². The van der Waals surface area contributed by atoms with Gasteiger partial charge in [0.25, 0.3) is 0 Å². The quantitative estimate of drug-likeness (QED) is 0.724. The first-order valence-electron chi connectivity index (χ1n) is 7.51. The molecule has 0 spiro atoms. The molecule has 1 heterocycles. The smallest absolute Gasteiger partial charge is 0.163 e. The zero-order chi connectivity index (χ0) is 13.7. The molecule has 1 aromatic carbocycles. The predicted molar refractivity (Wildman–Crippen MR) is 77.7 cm³/mol. The van der Waals surface area contributed by atoms with Gasteiger partial charge in [-0.1, -0.05) is 26.0 Å². The standard InChI is InChI=1S/C17H24O2/c1-3-13-7-8-14(4-2)16(12-13)17(18)10-9-15-6-5-11-19-15/h7-8,12,15H,3-6,9-11H2,1-2H3. The number of rotatable bonds is 6. The zero-order valence-electron chi connectivity index (χ0n) is 12.1. The number of hydrogen-bond donors (Lipinski definition) is 0. The number of benzene rings is 1. The second-order valence-corrected chi connectivity index (χ2v) is 5.30. The monoisotopic (exact) mass is 260 g/mol. The number of ether oxygens (including phenoxy) is 1. The van der Waals surface area contributed by atoms with Crippen LogP contribution in [0.3, 0.4) is 0 Å². The fourth-order valence-electron chi connectivity index (χ4n) is 2.71. The first-order valence-corrected chi connectivity index (χ1v) is 7.51. The van der Waals surface area contributed by atoms with Crippen molar-refractivity contribution in [3.8, 4) is 0 Å². The van der Waals surface area contributed by atoms with Crippen LogP contribution in [0, 0.1) is 0 Å². The van der Waals surface area contributed by atoms with Gasteiger partial charge >= 0.3 is 0 Å². The summed E-state index contributed by atoms with van der Waals surface area (Å²) in [5, 5.41) is 0. The highest BCUT2D eigenvalue weighted by molar-refractivity contribution is 5.97. The van der Waals surface area contributed by atoms with E-state index < -0.39 is 0 Å². The van der Waals surface area contributed by atoms with Crippen LogP contribution in [-0.2, 0) is 17.6 Å². The minimum Gasteiger partial charge on any atom is -0.378 e. The maximum Gasteiger partial charge on any atom is 0.163 e. The van der Waals surface area contributed by atoms with Gasteiger partial charge in [0, 0.05) is 18.6 Å². The summed E-state index contributed by atoms with van der Waals surface area (Å²) in [6, 6.07) is 6.32. The van der Waals surface area contributed by atoms with Gasteiger partial charge in [-0.05, 0) is 49.3 Å². The molecular weight excluding hydrogens is 236 g/mol. The van der Waals surface area contributed by atoms with Gasteiger partial charge in [-0.25, -0.2) is 0 Å². The van der Waals surface area contributed by atoms with Crippen molar-refractivity contribution in [3.05, 3.63) is 34.9 Å². The Morgan fingerprint density at radius 1 is 1.32 bits per heavy atom. The highest BCUT2D eigenvalue weighted by Crippen LogP contribution is 2.20. The third-order valence-electron chi connectivity index (χ3n) is 3.98. The molecule has 19 heavy (non-hydrogen) atoms. The summed E-state index contributed by atoms with van der Waals surface area (Å²) in [6.45, 7) is 5.10. The topological polar surface area (TPSA) is 26.3 Å². The highest BCUT2D eigenvalue weighted by atomic mass is 16.5. The normalized spacial score (nSPS) is 18.7. The van der Waals surface area contributed by atoms with Crippen LogP contribution >= 0.6 is 0 Å². The highest BCUT2D eigenvalue weighted by Gasteiger charge is 2.18. The Balaban J connectivity index is 2.03. The van der Waals surface area contributed by atoms with Crippen LogP contribution in [-0.4, -0.2) is 18.5 Å². The van der Waals surface area contributed by atoms with Crippen LogP contribution in [0.25, 0.3) is 0 Å². The summed E-state index contributed by atoms with van der Waals surface area (Å²) in [7, 11) is 0. The summed E-state index contributed by atoms with van der Waals surface area (Å²) >= 11 is 0. The van der Waals surface area contributed by atoms with Crippen molar-refractivity contribution in [1.82, 2.24) is 0 Å². The first-order chi connectivity index (χ1) is 9.24. The van der Waals surface area contributed by atoms with Crippen LogP contribution in [0.2, 0.25) is 0 Å². The van der Waals surface area contributed by atoms with Gasteiger partial charge in [0.2, 0.25) is 0 Å². The van der Waals surface area contributed by atoms with Crippen molar-refractivity contribution >= 4 is 5.78 Å². The molecule has 0 amide bonds. The van der Waals surface area contributed by atoms with E-state index in [2.05, 4.69) is 32.0 Å². The lowest BCUT2D eigenvalue weighted by molar-refractivity contribution is 0.0858. The Hall–Kier alpha value is -1.15. The van der Waals surface area contributed by atoms with Gasteiger partial charge in [-0.2, -0.15) is 0 Å². The van der Waals surface area contributed by atoms with Crippen LogP contribution in [0.4, 0.5) is 0 Å². The lowest BCUT2D eigenvalue weighted by Crippen LogP contribution is -2.10. The lowest BCUT2D eigenvalue weighted by atomic mass is 9.95. The second kappa shape index (κ2) is 6.85. The van der Waals surface area contributed by atoms with Crippen LogP contribution in [0.1, 0.15) is 61.0 Å². The third-order valence-corrected chi connectivity index (χ3v) is 3.98. The molecule has 2 rings (SSSR count). The van der Waals surface area contributed by atoms with Crippen molar-refractivity contribution in [2.75, 3.05) is 6.61 Å². The minimum absolute atomic E-state index is 0.280. The molecule has 0 saturated carbocycles. The average molecular weight is 260 g/mol. The van der Waals surface area contributed by atoms with E-state index in [9.17, 15) is 4.79 Å². The Labute approximate surface area is 116 Å². The number of carbonyl (C=O) groups is 1. The van der Waals surface area contributed by atoms with E-state index in [0.29, 0.717) is 12.5 Å². The summed E-state index contributed by atoms with van der Waals surface area (Å²) in [4.78, 5) is 12.4. The van der Waals surface area contributed by atoms with Gasteiger partial charge in [0.05, 0.1) is 6.10 Å². The second-order valence-electron chi connectivity index (χ2n) is 5.30. The fraction of sp³-hybridized carbons (Fsp3) is 0.588. The molecule has 1 aliphatic heterocycles. The molecule has 0 N–H and O–H groups in total. The number of Topliss-reactive ketones (excluding diaryl/α,β-unsaturated/α-hetero) is 1. The molecule has 1 fully saturated rings. The van der Waals surface area contributed by atoms with Crippen molar-refractivity contribution < 1.29 is 9.53 Å². The molecule has 2 nitrogen and oxygen atoms in total. The van der Waals surface area contributed by atoms with E-state index in [0.717, 1.165) is 44.3 Å². The van der Waals surface area contributed by atoms with Gasteiger partial charge in [0.1, 0.15) is 0 Å². The van der Waals surface area contributed by atoms with Gasteiger partial charge < -0.3 is 4.74 Å². The molecule has 0 bridgehead atoms. The molecule has 1 atom stereocenters. The molecular formula is C17H24O2. The number of hydrogen-bond acceptors (Lipinski definition) is 2. The summed E-state index contributed by atoms with van der Waals surface area (Å²) in [5.74, 6) is 0.280. The Bertz CT molecular complexity index is 431. The predicted octanol–water partition coefficient (Wildman–Crippen LogP) is 3.95. The van der Waals surface area contributed by atoms with Crippen molar-refractivity contribution in [1.29, 1.82) is 0 Å². The molecule has 2 heteroatoms. The van der Waals surface area contributed by atoms with Gasteiger partial charge in [-0.15, -0.1) is 0 Å². The fourth-order valence-corrected chi connectivity index (χ4v) is 2.71. The van der Waals surface area contributed by atoms with E-state index in [1.807, 2.05) is 0 Å². The largest absolute Gasteiger partial charge is 0.378 e. The van der Waals surface area contributed by atoms with E-state index in [4.69, 9.17) is 4.74 Å². The Kier molecular flexibility index (Phi) is 5.15. The Morgan fingerprint density at radius 2 is 2.16 bits per heavy atom. The number of carbonyl (C=O) groups excluding carboxylic acids is 1. The molecule has 104 valence electrons. The average Bonchev–Trinajstić information content (AvgIpc) is 2.97. The molecule has 1 aromatic rings. The van der Waals surface area contributed by atoms with Gasteiger partial charge in [0.15, 0.2) is 5.78 Å². The SMILES string of the molecule is CCc1ccc(CC)c(C(=O)CCC2CCCO2)c1.